The quantitative estimate of drug-likeness (QED) is 0.715. The van der Waals surface area contributed by atoms with E-state index in [9.17, 15) is 9.59 Å². The molecule has 0 aliphatic heterocycles. The molecule has 4 nitrogen and oxygen atoms in total. The van der Waals surface area contributed by atoms with Crippen LogP contribution in [-0.2, 0) is 14.3 Å². The maximum atomic E-state index is 11.5. The molecule has 0 aromatic heterocycles. The average molecular weight is 236 g/mol. The number of hydrogen-bond donors (Lipinski definition) is 1. The summed E-state index contributed by atoms with van der Waals surface area (Å²) < 4.78 is 5.60. The van der Waals surface area contributed by atoms with Crippen LogP contribution in [-0.4, -0.2) is 29.1 Å². The fourth-order valence-electron chi connectivity index (χ4n) is 1.66. The molecule has 0 saturated carbocycles. The molecule has 0 heterocycles. The van der Waals surface area contributed by atoms with E-state index < -0.39 is 5.97 Å². The summed E-state index contributed by atoms with van der Waals surface area (Å²) >= 11 is 0. The van der Waals surface area contributed by atoms with Crippen LogP contribution in [0.15, 0.2) is 36.5 Å². The zero-order chi connectivity index (χ0) is 13.0. The van der Waals surface area contributed by atoms with Gasteiger partial charge in [-0.1, -0.05) is 12.7 Å². The van der Waals surface area contributed by atoms with E-state index in [1.165, 1.54) is 0 Å². The summed E-state index contributed by atoms with van der Waals surface area (Å²) in [5, 5.41) is 8.63. The van der Waals surface area contributed by atoms with E-state index in [1.54, 1.807) is 12.2 Å². The van der Waals surface area contributed by atoms with Crippen LogP contribution < -0.4 is 0 Å². The second-order valence-corrected chi connectivity index (χ2v) is 4.07. The van der Waals surface area contributed by atoms with Gasteiger partial charge in [0.2, 0.25) is 0 Å². The highest BCUT2D eigenvalue weighted by Gasteiger charge is 2.27. The number of ketones is 1. The standard InChI is InChI=1S/C13H16O4/c1-4-12(8(2)3)17-10-5-9(6-13(15)16)11(14)7-10/h4-5,10,12H,1-2,6-7H2,3H3,(H,15,16)/t10-,12+/m0/s1. The second-order valence-electron chi connectivity index (χ2n) is 4.07. The van der Waals surface area contributed by atoms with E-state index in [0.29, 0.717) is 5.57 Å². The lowest BCUT2D eigenvalue weighted by Crippen LogP contribution is -2.18. The SMILES string of the molecule is C=C[C@@H](O[C@H]1C=C(CC(=O)O)C(=O)C1)C(=C)C. The number of rotatable bonds is 6. The molecule has 0 fully saturated rings. The molecule has 0 bridgehead atoms. The summed E-state index contributed by atoms with van der Waals surface area (Å²) in [5.74, 6) is -1.17. The Kier molecular flexibility index (Phi) is 4.40. The first-order chi connectivity index (χ1) is 7.93. The van der Waals surface area contributed by atoms with Gasteiger partial charge in [0.1, 0.15) is 0 Å². The zero-order valence-electron chi connectivity index (χ0n) is 9.81. The first-order valence-corrected chi connectivity index (χ1v) is 5.33. The van der Waals surface area contributed by atoms with Crippen LogP contribution in [0.2, 0.25) is 0 Å². The number of carboxylic acid groups (broad SMARTS) is 1. The highest BCUT2D eigenvalue weighted by atomic mass is 16.5. The topological polar surface area (TPSA) is 63.6 Å². The summed E-state index contributed by atoms with van der Waals surface area (Å²) in [7, 11) is 0. The van der Waals surface area contributed by atoms with Crippen molar-refractivity contribution in [3.8, 4) is 0 Å². The highest BCUT2D eigenvalue weighted by Crippen LogP contribution is 2.23. The Labute approximate surface area is 100 Å². The lowest BCUT2D eigenvalue weighted by atomic mass is 10.1. The molecule has 1 rings (SSSR count). The number of carbonyl (C=O) groups is 2. The molecule has 17 heavy (non-hydrogen) atoms. The Balaban J connectivity index is 2.66. The minimum Gasteiger partial charge on any atom is -0.481 e. The van der Waals surface area contributed by atoms with Gasteiger partial charge in [-0.05, 0) is 18.6 Å². The van der Waals surface area contributed by atoms with Crippen molar-refractivity contribution < 1.29 is 19.4 Å². The summed E-state index contributed by atoms with van der Waals surface area (Å²) in [6.45, 7) is 9.19. The van der Waals surface area contributed by atoms with Crippen LogP contribution in [0.1, 0.15) is 19.8 Å². The molecule has 0 aromatic rings. The van der Waals surface area contributed by atoms with E-state index in [2.05, 4.69) is 13.2 Å². The molecule has 1 aliphatic carbocycles. The van der Waals surface area contributed by atoms with Crippen LogP contribution >= 0.6 is 0 Å². The fourth-order valence-corrected chi connectivity index (χ4v) is 1.66. The zero-order valence-corrected chi connectivity index (χ0v) is 9.81. The first kappa shape index (κ1) is 13.4. The summed E-state index contributed by atoms with van der Waals surface area (Å²) in [6, 6.07) is 0. The van der Waals surface area contributed by atoms with E-state index in [4.69, 9.17) is 9.84 Å². The number of carboxylic acids is 1. The van der Waals surface area contributed by atoms with Crippen LogP contribution in [0.4, 0.5) is 0 Å². The minimum absolute atomic E-state index is 0.165. The van der Waals surface area contributed by atoms with Crippen LogP contribution in [0.3, 0.4) is 0 Å². The van der Waals surface area contributed by atoms with E-state index in [0.717, 1.165) is 5.57 Å². The van der Waals surface area contributed by atoms with Crippen LogP contribution in [0.5, 0.6) is 0 Å². The third kappa shape index (κ3) is 3.67. The van der Waals surface area contributed by atoms with Gasteiger partial charge in [-0.3, -0.25) is 9.59 Å². The Morgan fingerprint density at radius 1 is 1.76 bits per heavy atom. The number of Topliss-reactive ketones (excluding diaryl/α,β-unsaturated/α-hetero) is 1. The Bertz CT molecular complexity index is 392. The van der Waals surface area contributed by atoms with Crippen molar-refractivity contribution in [2.45, 2.75) is 32.0 Å². The van der Waals surface area contributed by atoms with E-state index >= 15 is 0 Å². The molecule has 4 heteroatoms. The Hall–Kier alpha value is -1.68. The average Bonchev–Trinajstić information content (AvgIpc) is 2.54. The molecule has 0 unspecified atom stereocenters. The molecule has 1 aliphatic rings. The monoisotopic (exact) mass is 236 g/mol. The highest BCUT2D eigenvalue weighted by molar-refractivity contribution is 6.01. The molecule has 0 saturated heterocycles. The van der Waals surface area contributed by atoms with Crippen molar-refractivity contribution in [3.05, 3.63) is 36.5 Å². The van der Waals surface area contributed by atoms with Gasteiger partial charge in [0.05, 0.1) is 18.6 Å². The maximum Gasteiger partial charge on any atom is 0.307 e. The van der Waals surface area contributed by atoms with Crippen molar-refractivity contribution in [1.82, 2.24) is 0 Å². The minimum atomic E-state index is -1.01. The fraction of sp³-hybridized carbons (Fsp3) is 0.385. The van der Waals surface area contributed by atoms with Gasteiger partial charge in [0, 0.05) is 12.0 Å². The van der Waals surface area contributed by atoms with Gasteiger partial charge in [-0.2, -0.15) is 0 Å². The number of ether oxygens (including phenoxy) is 1. The lowest BCUT2D eigenvalue weighted by Gasteiger charge is -2.17. The Morgan fingerprint density at radius 3 is 2.88 bits per heavy atom. The lowest BCUT2D eigenvalue weighted by molar-refractivity contribution is -0.136. The molecule has 0 aromatic carbocycles. The molecular weight excluding hydrogens is 220 g/mol. The predicted molar refractivity (Wildman–Crippen MR) is 63.6 cm³/mol. The van der Waals surface area contributed by atoms with Gasteiger partial charge in [-0.15, -0.1) is 6.58 Å². The van der Waals surface area contributed by atoms with Crippen molar-refractivity contribution in [2.75, 3.05) is 0 Å². The van der Waals surface area contributed by atoms with E-state index in [1.807, 2.05) is 6.92 Å². The largest absolute Gasteiger partial charge is 0.481 e. The summed E-state index contributed by atoms with van der Waals surface area (Å²) in [5.41, 5.74) is 1.11. The van der Waals surface area contributed by atoms with Crippen molar-refractivity contribution >= 4 is 11.8 Å². The van der Waals surface area contributed by atoms with Gasteiger partial charge in [-0.25, -0.2) is 0 Å². The summed E-state index contributed by atoms with van der Waals surface area (Å²) in [4.78, 5) is 22.0. The van der Waals surface area contributed by atoms with Crippen molar-refractivity contribution in [1.29, 1.82) is 0 Å². The molecule has 0 spiro atoms. The number of carbonyl (C=O) groups excluding carboxylic acids is 1. The third-order valence-corrected chi connectivity index (χ3v) is 2.49. The molecule has 0 radical (unpaired) electrons. The van der Waals surface area contributed by atoms with Crippen LogP contribution in [0, 0.1) is 0 Å². The molecular formula is C13H16O4. The normalized spacial score (nSPS) is 20.9. The molecule has 1 N–H and O–H groups in total. The molecule has 2 atom stereocenters. The second kappa shape index (κ2) is 5.59. The number of hydrogen-bond acceptors (Lipinski definition) is 3. The third-order valence-electron chi connectivity index (χ3n) is 2.49. The van der Waals surface area contributed by atoms with Crippen molar-refractivity contribution in [2.24, 2.45) is 0 Å². The smallest absolute Gasteiger partial charge is 0.307 e. The van der Waals surface area contributed by atoms with Crippen LogP contribution in [0.25, 0.3) is 0 Å². The maximum absolute atomic E-state index is 11.5. The van der Waals surface area contributed by atoms with Gasteiger partial charge in [0.25, 0.3) is 0 Å². The van der Waals surface area contributed by atoms with Gasteiger partial charge < -0.3 is 9.84 Å². The summed E-state index contributed by atoms with van der Waals surface area (Å²) in [6.07, 6.45) is 2.45. The van der Waals surface area contributed by atoms with Gasteiger partial charge >= 0.3 is 5.97 Å². The number of aliphatic carboxylic acids is 1. The molecule has 92 valence electrons. The van der Waals surface area contributed by atoms with Crippen molar-refractivity contribution in [3.63, 3.8) is 0 Å². The van der Waals surface area contributed by atoms with E-state index in [-0.39, 0.29) is 30.8 Å². The first-order valence-electron chi connectivity index (χ1n) is 5.33. The Morgan fingerprint density at radius 2 is 2.41 bits per heavy atom. The predicted octanol–water partition coefficient (Wildman–Crippen LogP) is 1.88. The molecule has 0 amide bonds. The van der Waals surface area contributed by atoms with Gasteiger partial charge in [0.15, 0.2) is 5.78 Å².